The van der Waals surface area contributed by atoms with Gasteiger partial charge in [0.05, 0.1) is 0 Å². The van der Waals surface area contributed by atoms with Gasteiger partial charge < -0.3 is 5.11 Å². The first-order valence-corrected chi connectivity index (χ1v) is 4.86. The third-order valence-electron chi connectivity index (χ3n) is 3.04. The van der Waals surface area contributed by atoms with E-state index < -0.39 is 5.97 Å². The first kappa shape index (κ1) is 12.2. The largest absolute Gasteiger partial charge is 0.478 e. The first-order chi connectivity index (χ1) is 5.95. The lowest BCUT2D eigenvalue weighted by atomic mass is 9.79. The van der Waals surface area contributed by atoms with Gasteiger partial charge in [-0.3, -0.25) is 0 Å². The second-order valence-electron chi connectivity index (χ2n) is 3.93. The van der Waals surface area contributed by atoms with E-state index in [2.05, 4.69) is 27.4 Å². The molecule has 0 spiro atoms. The van der Waals surface area contributed by atoms with Crippen molar-refractivity contribution in [2.75, 3.05) is 0 Å². The van der Waals surface area contributed by atoms with Crippen LogP contribution in [0.2, 0.25) is 0 Å². The summed E-state index contributed by atoms with van der Waals surface area (Å²) in [5.74, 6) is -0.866. The molecule has 0 saturated heterocycles. The van der Waals surface area contributed by atoms with E-state index in [1.54, 1.807) is 0 Å². The number of carboxylic acids is 1. The zero-order chi connectivity index (χ0) is 10.5. The van der Waals surface area contributed by atoms with E-state index in [4.69, 9.17) is 5.11 Å². The highest BCUT2D eigenvalue weighted by molar-refractivity contribution is 5.85. The Balaban J connectivity index is 4.00. The summed E-state index contributed by atoms with van der Waals surface area (Å²) in [6, 6.07) is 0. The summed E-state index contributed by atoms with van der Waals surface area (Å²) < 4.78 is 0. The summed E-state index contributed by atoms with van der Waals surface area (Å²) in [6.45, 7) is 10.0. The van der Waals surface area contributed by atoms with Gasteiger partial charge in [0.15, 0.2) is 0 Å². The van der Waals surface area contributed by atoms with Gasteiger partial charge in [0.25, 0.3) is 0 Å². The Morgan fingerprint density at radius 3 is 2.15 bits per heavy atom. The minimum atomic E-state index is -0.866. The van der Waals surface area contributed by atoms with Gasteiger partial charge in [-0.1, -0.05) is 40.2 Å². The molecule has 0 rings (SSSR count). The summed E-state index contributed by atoms with van der Waals surface area (Å²) in [7, 11) is 0. The van der Waals surface area contributed by atoms with Crippen molar-refractivity contribution in [3.05, 3.63) is 12.2 Å². The minimum Gasteiger partial charge on any atom is -0.478 e. The molecule has 13 heavy (non-hydrogen) atoms. The van der Waals surface area contributed by atoms with E-state index in [0.717, 1.165) is 19.3 Å². The molecule has 0 fully saturated rings. The number of carboxylic acid groups (broad SMARTS) is 1. The Morgan fingerprint density at radius 1 is 1.38 bits per heavy atom. The Bertz CT molecular complexity index is 190. The van der Waals surface area contributed by atoms with E-state index >= 15 is 0 Å². The van der Waals surface area contributed by atoms with Crippen molar-refractivity contribution < 1.29 is 9.90 Å². The quantitative estimate of drug-likeness (QED) is 0.643. The molecule has 0 amide bonds. The van der Waals surface area contributed by atoms with Crippen LogP contribution in [0.15, 0.2) is 12.2 Å². The highest BCUT2D eigenvalue weighted by Gasteiger charge is 2.20. The fraction of sp³-hybridized carbons (Fsp3) is 0.727. The van der Waals surface area contributed by atoms with E-state index in [1.807, 2.05) is 0 Å². The van der Waals surface area contributed by atoms with E-state index in [0.29, 0.717) is 12.0 Å². The average molecular weight is 184 g/mol. The molecule has 0 aliphatic rings. The van der Waals surface area contributed by atoms with Gasteiger partial charge in [0, 0.05) is 5.57 Å². The molecule has 0 heterocycles. The Labute approximate surface area is 80.7 Å². The highest BCUT2D eigenvalue weighted by Crippen LogP contribution is 2.32. The number of hydrogen-bond donors (Lipinski definition) is 1. The van der Waals surface area contributed by atoms with Crippen molar-refractivity contribution in [2.24, 2.45) is 5.41 Å². The molecule has 2 nitrogen and oxygen atoms in total. The van der Waals surface area contributed by atoms with Gasteiger partial charge in [-0.2, -0.15) is 0 Å². The summed E-state index contributed by atoms with van der Waals surface area (Å²) in [4.78, 5) is 10.5. The zero-order valence-corrected chi connectivity index (χ0v) is 8.89. The summed E-state index contributed by atoms with van der Waals surface area (Å²) in [5.41, 5.74) is 0.603. The van der Waals surface area contributed by atoms with Crippen molar-refractivity contribution in [3.63, 3.8) is 0 Å². The van der Waals surface area contributed by atoms with Crippen molar-refractivity contribution in [1.29, 1.82) is 0 Å². The number of carbonyl (C=O) groups is 1. The fourth-order valence-electron chi connectivity index (χ4n) is 1.16. The van der Waals surface area contributed by atoms with Crippen LogP contribution in [0.5, 0.6) is 0 Å². The highest BCUT2D eigenvalue weighted by atomic mass is 16.4. The first-order valence-electron chi connectivity index (χ1n) is 4.86. The Morgan fingerprint density at radius 2 is 1.85 bits per heavy atom. The lowest BCUT2D eigenvalue weighted by Crippen LogP contribution is -2.14. The molecule has 0 aliphatic carbocycles. The van der Waals surface area contributed by atoms with Crippen LogP contribution in [-0.2, 0) is 4.79 Å². The van der Waals surface area contributed by atoms with Crippen LogP contribution in [0.1, 0.15) is 46.5 Å². The van der Waals surface area contributed by atoms with Crippen LogP contribution in [0.4, 0.5) is 0 Å². The van der Waals surface area contributed by atoms with Crippen LogP contribution in [-0.4, -0.2) is 11.1 Å². The van der Waals surface area contributed by atoms with Crippen LogP contribution in [0.3, 0.4) is 0 Å². The molecular formula is C11H20O2. The van der Waals surface area contributed by atoms with Crippen molar-refractivity contribution in [1.82, 2.24) is 0 Å². The van der Waals surface area contributed by atoms with Crippen molar-refractivity contribution in [3.8, 4) is 0 Å². The van der Waals surface area contributed by atoms with Crippen LogP contribution < -0.4 is 0 Å². The Kier molecular flexibility index (Phi) is 4.74. The van der Waals surface area contributed by atoms with Crippen molar-refractivity contribution in [2.45, 2.75) is 46.5 Å². The number of aliphatic carboxylic acids is 1. The maximum Gasteiger partial charge on any atom is 0.330 e. The molecule has 0 aromatic heterocycles. The SMILES string of the molecule is C=C(CCC(C)(CC)CC)C(=O)O. The van der Waals surface area contributed by atoms with E-state index in [-0.39, 0.29) is 5.41 Å². The predicted octanol–water partition coefficient (Wildman–Crippen LogP) is 3.23. The van der Waals surface area contributed by atoms with E-state index in [1.165, 1.54) is 0 Å². The molecular weight excluding hydrogens is 164 g/mol. The number of rotatable bonds is 6. The van der Waals surface area contributed by atoms with Gasteiger partial charge in [0.2, 0.25) is 0 Å². The third-order valence-corrected chi connectivity index (χ3v) is 3.04. The second kappa shape index (κ2) is 5.05. The predicted molar refractivity (Wildman–Crippen MR) is 54.7 cm³/mol. The average Bonchev–Trinajstić information content (AvgIpc) is 2.13. The molecule has 0 aliphatic heterocycles. The van der Waals surface area contributed by atoms with Gasteiger partial charge in [-0.15, -0.1) is 0 Å². The molecule has 0 radical (unpaired) electrons. The van der Waals surface area contributed by atoms with Gasteiger partial charge in [-0.05, 0) is 18.3 Å². The number of hydrogen-bond acceptors (Lipinski definition) is 1. The normalized spacial score (nSPS) is 11.3. The lowest BCUT2D eigenvalue weighted by molar-refractivity contribution is -0.132. The van der Waals surface area contributed by atoms with Crippen LogP contribution >= 0.6 is 0 Å². The maximum atomic E-state index is 10.5. The lowest BCUT2D eigenvalue weighted by Gasteiger charge is -2.26. The monoisotopic (exact) mass is 184 g/mol. The second-order valence-corrected chi connectivity index (χ2v) is 3.93. The van der Waals surface area contributed by atoms with Crippen molar-refractivity contribution >= 4 is 5.97 Å². The molecule has 0 aromatic rings. The molecule has 0 atom stereocenters. The van der Waals surface area contributed by atoms with Gasteiger partial charge in [0.1, 0.15) is 0 Å². The minimum absolute atomic E-state index is 0.276. The molecule has 1 N–H and O–H groups in total. The van der Waals surface area contributed by atoms with E-state index in [9.17, 15) is 4.79 Å². The summed E-state index contributed by atoms with van der Waals surface area (Å²) in [5, 5.41) is 8.62. The molecule has 0 aromatic carbocycles. The molecule has 0 saturated carbocycles. The van der Waals surface area contributed by atoms with Crippen LogP contribution in [0.25, 0.3) is 0 Å². The molecule has 2 heteroatoms. The smallest absolute Gasteiger partial charge is 0.330 e. The van der Waals surface area contributed by atoms with Gasteiger partial charge in [-0.25, -0.2) is 4.79 Å². The van der Waals surface area contributed by atoms with Crippen LogP contribution in [0, 0.1) is 5.41 Å². The molecule has 0 unspecified atom stereocenters. The third kappa shape index (κ3) is 4.11. The zero-order valence-electron chi connectivity index (χ0n) is 8.89. The molecule has 76 valence electrons. The molecule has 0 bridgehead atoms. The Hall–Kier alpha value is -0.790. The maximum absolute atomic E-state index is 10.5. The standard InChI is InChI=1S/C11H20O2/c1-5-11(4,6-2)8-7-9(3)10(12)13/h3,5-8H2,1-2,4H3,(H,12,13). The summed E-state index contributed by atoms with van der Waals surface area (Å²) >= 11 is 0. The topological polar surface area (TPSA) is 37.3 Å². The van der Waals surface area contributed by atoms with Gasteiger partial charge >= 0.3 is 5.97 Å². The fourth-order valence-corrected chi connectivity index (χ4v) is 1.16. The summed E-state index contributed by atoms with van der Waals surface area (Å²) in [6.07, 6.45) is 3.71.